The number of fused-ring (bicyclic) bond motifs is 9. The van der Waals surface area contributed by atoms with Gasteiger partial charge in [-0.2, -0.15) is 0 Å². The maximum atomic E-state index is 6.63. The van der Waals surface area contributed by atoms with Gasteiger partial charge in [-0.25, -0.2) is 9.97 Å². The molecule has 2 heterocycles. The van der Waals surface area contributed by atoms with Crippen LogP contribution in [0.5, 0.6) is 11.5 Å². The molecule has 1 spiro atoms. The predicted octanol–water partition coefficient (Wildman–Crippen LogP) is 14.1. The molecule has 3 heteroatoms. The van der Waals surface area contributed by atoms with E-state index in [-0.39, 0.29) is 0 Å². The lowest BCUT2D eigenvalue weighted by molar-refractivity contribution is -0.00518. The number of hydrogen-bond donors (Lipinski definition) is 0. The second-order valence-corrected chi connectivity index (χ2v) is 18.3. The standard InChI is InChI=1S/C57H44N2O/c1-2-11-39(12-3-1)40-21-23-41(24-22-40)50-32-51(59-55(58-50)42-25-27-43(28-26-42)56-33-36-29-37(34-56)31-38(30-36)35-56)45-14-10-18-49-54(45)44-13-4-5-15-46(44)57(49)47-16-6-8-19-52(47)60-53-20-9-7-17-48(53)57/h1-28,32,36-38H,29-31,33-35H2. The lowest BCUT2D eigenvalue weighted by Gasteiger charge is -2.57. The highest BCUT2D eigenvalue weighted by Gasteiger charge is 2.53. The van der Waals surface area contributed by atoms with Crippen LogP contribution in [0.15, 0.2) is 176 Å². The van der Waals surface area contributed by atoms with E-state index in [9.17, 15) is 0 Å². The molecule has 0 radical (unpaired) electrons. The average molecular weight is 773 g/mol. The third kappa shape index (κ3) is 5.02. The predicted molar refractivity (Wildman–Crippen MR) is 241 cm³/mol. The van der Waals surface area contributed by atoms with Crippen LogP contribution in [0.1, 0.15) is 66.3 Å². The topological polar surface area (TPSA) is 35.0 Å². The summed E-state index contributed by atoms with van der Waals surface area (Å²) in [7, 11) is 0. The van der Waals surface area contributed by atoms with Crippen molar-refractivity contribution in [2.75, 3.05) is 0 Å². The van der Waals surface area contributed by atoms with Gasteiger partial charge in [-0.15, -0.1) is 0 Å². The summed E-state index contributed by atoms with van der Waals surface area (Å²) in [4.78, 5) is 10.9. The Kier molecular flexibility index (Phi) is 7.41. The first-order valence-corrected chi connectivity index (χ1v) is 21.9. The number of para-hydroxylation sites is 2. The van der Waals surface area contributed by atoms with Crippen LogP contribution in [0.3, 0.4) is 0 Å². The highest BCUT2D eigenvalue weighted by molar-refractivity contribution is 5.96. The summed E-state index contributed by atoms with van der Waals surface area (Å²) in [6, 6.07) is 64.0. The normalized spacial score (nSPS) is 22.1. The first-order chi connectivity index (χ1) is 29.6. The Labute approximate surface area is 351 Å². The Morgan fingerprint density at radius 3 is 1.62 bits per heavy atom. The van der Waals surface area contributed by atoms with Crippen molar-refractivity contribution in [3.8, 4) is 67.7 Å². The molecule has 0 amide bonds. The minimum absolute atomic E-state index is 0.344. The fourth-order valence-corrected chi connectivity index (χ4v) is 12.9. The van der Waals surface area contributed by atoms with Gasteiger partial charge in [-0.05, 0) is 119 Å². The third-order valence-electron chi connectivity index (χ3n) is 15.0. The van der Waals surface area contributed by atoms with E-state index < -0.39 is 5.41 Å². The van der Waals surface area contributed by atoms with Gasteiger partial charge >= 0.3 is 0 Å². The van der Waals surface area contributed by atoms with Crippen molar-refractivity contribution >= 4 is 0 Å². The van der Waals surface area contributed by atoms with Crippen LogP contribution in [0.25, 0.3) is 56.2 Å². The van der Waals surface area contributed by atoms with Crippen molar-refractivity contribution in [1.82, 2.24) is 9.97 Å². The Hall–Kier alpha value is -6.58. The number of nitrogens with zero attached hydrogens (tertiary/aromatic N) is 2. The minimum Gasteiger partial charge on any atom is -0.457 e. The Balaban J connectivity index is 0.997. The van der Waals surface area contributed by atoms with E-state index in [4.69, 9.17) is 14.7 Å². The first kappa shape index (κ1) is 34.3. The summed E-state index contributed by atoms with van der Waals surface area (Å²) < 4.78 is 6.63. The molecule has 4 bridgehead atoms. The zero-order chi connectivity index (χ0) is 39.4. The molecule has 3 nitrogen and oxygen atoms in total. The highest BCUT2D eigenvalue weighted by Crippen LogP contribution is 2.64. The van der Waals surface area contributed by atoms with Gasteiger partial charge in [0.2, 0.25) is 0 Å². The molecule has 288 valence electrons. The minimum atomic E-state index is -0.549. The summed E-state index contributed by atoms with van der Waals surface area (Å²) in [5, 5.41) is 0. The molecule has 8 aromatic rings. The summed E-state index contributed by atoms with van der Waals surface area (Å²) >= 11 is 0. The number of benzene rings is 7. The van der Waals surface area contributed by atoms with Crippen molar-refractivity contribution in [2.45, 2.75) is 49.4 Å². The number of ether oxygens (including phenoxy) is 1. The maximum absolute atomic E-state index is 6.63. The van der Waals surface area contributed by atoms with Crippen molar-refractivity contribution < 1.29 is 4.74 Å². The second kappa shape index (κ2) is 13.0. The van der Waals surface area contributed by atoms with Gasteiger partial charge in [0.25, 0.3) is 0 Å². The number of hydrogen-bond acceptors (Lipinski definition) is 3. The van der Waals surface area contributed by atoms with Crippen molar-refractivity contribution in [1.29, 1.82) is 0 Å². The zero-order valence-corrected chi connectivity index (χ0v) is 33.5. The molecule has 4 saturated carbocycles. The molecule has 0 N–H and O–H groups in total. The highest BCUT2D eigenvalue weighted by atomic mass is 16.5. The summed E-state index contributed by atoms with van der Waals surface area (Å²) in [6.45, 7) is 0. The molecule has 1 aromatic heterocycles. The van der Waals surface area contributed by atoms with Crippen LogP contribution in [0.2, 0.25) is 0 Å². The molecule has 6 aliphatic rings. The zero-order valence-electron chi connectivity index (χ0n) is 33.5. The molecule has 7 aromatic carbocycles. The third-order valence-corrected chi connectivity index (χ3v) is 15.0. The smallest absolute Gasteiger partial charge is 0.160 e. The van der Waals surface area contributed by atoms with Gasteiger partial charge in [0.15, 0.2) is 5.82 Å². The van der Waals surface area contributed by atoms with E-state index in [1.807, 2.05) is 0 Å². The van der Waals surface area contributed by atoms with Crippen molar-refractivity contribution in [2.24, 2.45) is 17.8 Å². The molecule has 1 aliphatic heterocycles. The Bertz CT molecular complexity index is 2900. The summed E-state index contributed by atoms with van der Waals surface area (Å²) in [6.07, 6.45) is 8.43. The lowest BCUT2D eigenvalue weighted by Crippen LogP contribution is -2.48. The monoisotopic (exact) mass is 772 g/mol. The van der Waals surface area contributed by atoms with E-state index in [2.05, 4.69) is 176 Å². The van der Waals surface area contributed by atoms with Crippen LogP contribution in [-0.4, -0.2) is 9.97 Å². The Morgan fingerprint density at radius 2 is 0.933 bits per heavy atom. The van der Waals surface area contributed by atoms with Gasteiger partial charge in [-0.3, -0.25) is 0 Å². The van der Waals surface area contributed by atoms with Crippen molar-refractivity contribution in [3.05, 3.63) is 204 Å². The molecule has 14 rings (SSSR count). The molecule has 0 unspecified atom stereocenters. The van der Waals surface area contributed by atoms with Crippen LogP contribution in [-0.2, 0) is 10.8 Å². The van der Waals surface area contributed by atoms with Gasteiger partial charge < -0.3 is 4.74 Å². The van der Waals surface area contributed by atoms with E-state index in [1.165, 1.54) is 77.5 Å². The molecule has 4 fully saturated rings. The van der Waals surface area contributed by atoms with E-state index in [0.717, 1.165) is 74.3 Å². The number of aromatic nitrogens is 2. The molecule has 0 atom stereocenters. The SMILES string of the molecule is c1ccc(-c2ccc(-c3cc(-c4cccc5c4-c4ccccc4C54c5ccccc5Oc5ccccc54)nc(-c4ccc(C56CC7CC(CC(C7)C5)C6)cc4)n3)cc2)cc1. The fraction of sp³-hybridized carbons (Fsp3) is 0.193. The van der Waals surface area contributed by atoms with Crippen LogP contribution in [0, 0.1) is 17.8 Å². The average Bonchev–Trinajstić information content (AvgIpc) is 3.60. The van der Waals surface area contributed by atoms with E-state index in [1.54, 1.807) is 0 Å². The van der Waals surface area contributed by atoms with Gasteiger partial charge in [0, 0.05) is 27.8 Å². The molecule has 5 aliphatic carbocycles. The van der Waals surface area contributed by atoms with Crippen molar-refractivity contribution in [3.63, 3.8) is 0 Å². The van der Waals surface area contributed by atoms with E-state index >= 15 is 0 Å². The fourth-order valence-electron chi connectivity index (χ4n) is 12.9. The van der Waals surface area contributed by atoms with Crippen LogP contribution in [0.4, 0.5) is 0 Å². The molecular formula is C57H44N2O. The Morgan fingerprint density at radius 1 is 0.417 bits per heavy atom. The lowest BCUT2D eigenvalue weighted by atomic mass is 9.48. The largest absolute Gasteiger partial charge is 0.457 e. The molecule has 0 saturated heterocycles. The summed E-state index contributed by atoms with van der Waals surface area (Å²) in [5.74, 6) is 5.27. The van der Waals surface area contributed by atoms with Crippen LogP contribution >= 0.6 is 0 Å². The second-order valence-electron chi connectivity index (χ2n) is 18.3. The first-order valence-electron chi connectivity index (χ1n) is 21.9. The van der Waals surface area contributed by atoms with E-state index in [0.29, 0.717) is 5.41 Å². The van der Waals surface area contributed by atoms with Gasteiger partial charge in [-0.1, -0.05) is 158 Å². The van der Waals surface area contributed by atoms with Gasteiger partial charge in [0.1, 0.15) is 11.5 Å². The van der Waals surface area contributed by atoms with Gasteiger partial charge in [0.05, 0.1) is 16.8 Å². The molecule has 60 heavy (non-hydrogen) atoms. The molecular weight excluding hydrogens is 729 g/mol. The van der Waals surface area contributed by atoms with Crippen LogP contribution < -0.4 is 4.74 Å². The summed E-state index contributed by atoms with van der Waals surface area (Å²) in [5.41, 5.74) is 16.1. The number of rotatable bonds is 5. The maximum Gasteiger partial charge on any atom is 0.160 e. The quantitative estimate of drug-likeness (QED) is 0.175.